The molecule has 1 heterocycles. The topological polar surface area (TPSA) is 36.7 Å². The van der Waals surface area contributed by atoms with E-state index in [1.165, 1.54) is 10.9 Å². The molecule has 2 heteroatoms. The summed E-state index contributed by atoms with van der Waals surface area (Å²) >= 11 is 0. The zero-order valence-electron chi connectivity index (χ0n) is 8.86. The molecule has 1 aromatic heterocycles. The van der Waals surface area contributed by atoms with Crippen molar-refractivity contribution in [1.82, 2.24) is 4.98 Å². The summed E-state index contributed by atoms with van der Waals surface area (Å²) in [5, 5.41) is 11.0. The molecular weight excluding hydrogens is 184 g/mol. The molecule has 0 amide bonds. The second kappa shape index (κ2) is 3.70. The van der Waals surface area contributed by atoms with Crippen LogP contribution in [0.1, 0.15) is 30.9 Å². The Hall–Kier alpha value is -1.88. The SMILES string of the molecule is CC(C)c1cncc2cc(C#N)ccc12. The van der Waals surface area contributed by atoms with Gasteiger partial charge in [-0.15, -0.1) is 0 Å². The van der Waals surface area contributed by atoms with Crippen molar-refractivity contribution in [1.29, 1.82) is 5.26 Å². The third-order valence-corrected chi connectivity index (χ3v) is 2.54. The number of nitriles is 1. The summed E-state index contributed by atoms with van der Waals surface area (Å²) < 4.78 is 0. The third-order valence-electron chi connectivity index (χ3n) is 2.54. The first kappa shape index (κ1) is 9.67. The van der Waals surface area contributed by atoms with E-state index in [1.807, 2.05) is 30.6 Å². The highest BCUT2D eigenvalue weighted by Gasteiger charge is 2.05. The summed E-state index contributed by atoms with van der Waals surface area (Å²) in [4.78, 5) is 4.20. The molecule has 1 aromatic carbocycles. The molecule has 0 aliphatic rings. The van der Waals surface area contributed by atoms with Crippen molar-refractivity contribution < 1.29 is 0 Å². The van der Waals surface area contributed by atoms with Gasteiger partial charge in [0.25, 0.3) is 0 Å². The van der Waals surface area contributed by atoms with Crippen molar-refractivity contribution in [2.75, 3.05) is 0 Å². The summed E-state index contributed by atoms with van der Waals surface area (Å²) in [6, 6.07) is 7.88. The fraction of sp³-hybridized carbons (Fsp3) is 0.231. The van der Waals surface area contributed by atoms with Crippen molar-refractivity contribution in [3.63, 3.8) is 0 Å². The molecule has 74 valence electrons. The smallest absolute Gasteiger partial charge is 0.0991 e. The van der Waals surface area contributed by atoms with E-state index in [1.54, 1.807) is 0 Å². The molecule has 2 rings (SSSR count). The van der Waals surface area contributed by atoms with E-state index in [0.717, 1.165) is 5.39 Å². The van der Waals surface area contributed by atoms with Gasteiger partial charge in [-0.1, -0.05) is 19.9 Å². The highest BCUT2D eigenvalue weighted by atomic mass is 14.6. The average molecular weight is 196 g/mol. The Morgan fingerprint density at radius 2 is 2.07 bits per heavy atom. The lowest BCUT2D eigenvalue weighted by Crippen LogP contribution is -1.91. The van der Waals surface area contributed by atoms with Gasteiger partial charge in [-0.25, -0.2) is 0 Å². The molecule has 0 saturated carbocycles. The quantitative estimate of drug-likeness (QED) is 0.702. The summed E-state index contributed by atoms with van der Waals surface area (Å²) in [5.74, 6) is 0.453. The van der Waals surface area contributed by atoms with Crippen molar-refractivity contribution in [2.45, 2.75) is 19.8 Å². The first-order valence-electron chi connectivity index (χ1n) is 5.00. The Morgan fingerprint density at radius 3 is 2.73 bits per heavy atom. The molecule has 0 atom stereocenters. The molecule has 0 saturated heterocycles. The molecule has 0 aliphatic carbocycles. The highest BCUT2D eigenvalue weighted by molar-refractivity contribution is 5.86. The normalized spacial score (nSPS) is 10.5. The van der Waals surface area contributed by atoms with Crippen molar-refractivity contribution in [2.24, 2.45) is 0 Å². The number of hydrogen-bond acceptors (Lipinski definition) is 2. The van der Waals surface area contributed by atoms with Gasteiger partial charge in [0.2, 0.25) is 0 Å². The van der Waals surface area contributed by atoms with Gasteiger partial charge < -0.3 is 0 Å². The number of aromatic nitrogens is 1. The van der Waals surface area contributed by atoms with E-state index < -0.39 is 0 Å². The number of hydrogen-bond donors (Lipinski definition) is 0. The molecule has 2 nitrogen and oxygen atoms in total. The monoisotopic (exact) mass is 196 g/mol. The first-order chi connectivity index (χ1) is 7.22. The van der Waals surface area contributed by atoms with Crippen LogP contribution in [0, 0.1) is 11.3 Å². The number of rotatable bonds is 1. The number of pyridine rings is 1. The van der Waals surface area contributed by atoms with Gasteiger partial charge in [0.15, 0.2) is 0 Å². The molecule has 0 spiro atoms. The van der Waals surface area contributed by atoms with Crippen molar-refractivity contribution >= 4 is 10.8 Å². The van der Waals surface area contributed by atoms with E-state index >= 15 is 0 Å². The van der Waals surface area contributed by atoms with Gasteiger partial charge in [-0.2, -0.15) is 5.26 Å². The van der Waals surface area contributed by atoms with Crippen LogP contribution in [0.25, 0.3) is 10.8 Å². The maximum atomic E-state index is 8.81. The van der Waals surface area contributed by atoms with Crippen LogP contribution in [-0.4, -0.2) is 4.98 Å². The van der Waals surface area contributed by atoms with E-state index in [2.05, 4.69) is 24.9 Å². The van der Waals surface area contributed by atoms with Gasteiger partial charge >= 0.3 is 0 Å². The van der Waals surface area contributed by atoms with Crippen molar-refractivity contribution in [3.8, 4) is 6.07 Å². The van der Waals surface area contributed by atoms with Crippen LogP contribution >= 0.6 is 0 Å². The summed E-state index contributed by atoms with van der Waals surface area (Å²) in [7, 11) is 0. The van der Waals surface area contributed by atoms with E-state index in [-0.39, 0.29) is 0 Å². The van der Waals surface area contributed by atoms with Crippen LogP contribution in [0.2, 0.25) is 0 Å². The molecule has 0 N–H and O–H groups in total. The summed E-state index contributed by atoms with van der Waals surface area (Å²) in [5.41, 5.74) is 1.92. The Morgan fingerprint density at radius 1 is 1.27 bits per heavy atom. The van der Waals surface area contributed by atoms with Crippen LogP contribution < -0.4 is 0 Å². The van der Waals surface area contributed by atoms with E-state index in [4.69, 9.17) is 5.26 Å². The lowest BCUT2D eigenvalue weighted by molar-refractivity contribution is 0.869. The van der Waals surface area contributed by atoms with Crippen LogP contribution in [0.5, 0.6) is 0 Å². The largest absolute Gasteiger partial charge is 0.264 e. The summed E-state index contributed by atoms with van der Waals surface area (Å²) in [6.45, 7) is 4.29. The molecule has 0 bridgehead atoms. The Kier molecular flexibility index (Phi) is 2.39. The maximum absolute atomic E-state index is 8.81. The van der Waals surface area contributed by atoms with Gasteiger partial charge in [0.05, 0.1) is 11.6 Å². The lowest BCUT2D eigenvalue weighted by atomic mass is 9.98. The van der Waals surface area contributed by atoms with E-state index in [9.17, 15) is 0 Å². The average Bonchev–Trinajstić information content (AvgIpc) is 2.27. The Labute approximate surface area is 89.2 Å². The zero-order chi connectivity index (χ0) is 10.8. The molecule has 0 fully saturated rings. The maximum Gasteiger partial charge on any atom is 0.0991 e. The van der Waals surface area contributed by atoms with Gasteiger partial charge in [0, 0.05) is 17.8 Å². The number of fused-ring (bicyclic) bond motifs is 1. The predicted octanol–water partition coefficient (Wildman–Crippen LogP) is 3.23. The fourth-order valence-corrected chi connectivity index (χ4v) is 1.73. The van der Waals surface area contributed by atoms with Crippen LogP contribution in [0.3, 0.4) is 0 Å². The standard InChI is InChI=1S/C13H12N2/c1-9(2)13-8-15-7-11-5-10(6-14)3-4-12(11)13/h3-5,7-9H,1-2H3. The molecule has 0 unspecified atom stereocenters. The van der Waals surface area contributed by atoms with Crippen LogP contribution in [0.15, 0.2) is 30.6 Å². The van der Waals surface area contributed by atoms with Gasteiger partial charge in [-0.3, -0.25) is 4.98 Å². The number of benzene rings is 1. The molecule has 2 aromatic rings. The second-order valence-electron chi connectivity index (χ2n) is 3.93. The highest BCUT2D eigenvalue weighted by Crippen LogP contribution is 2.24. The Balaban J connectivity index is 2.73. The molecule has 15 heavy (non-hydrogen) atoms. The first-order valence-corrected chi connectivity index (χ1v) is 5.00. The van der Waals surface area contributed by atoms with Gasteiger partial charge in [-0.05, 0) is 29.0 Å². The van der Waals surface area contributed by atoms with Crippen molar-refractivity contribution in [3.05, 3.63) is 41.7 Å². The Bertz CT molecular complexity index is 536. The fourth-order valence-electron chi connectivity index (χ4n) is 1.73. The van der Waals surface area contributed by atoms with Crippen LogP contribution in [-0.2, 0) is 0 Å². The molecule has 0 aliphatic heterocycles. The third kappa shape index (κ3) is 1.69. The lowest BCUT2D eigenvalue weighted by Gasteiger charge is -2.08. The molecular formula is C13H12N2. The van der Waals surface area contributed by atoms with Gasteiger partial charge in [0.1, 0.15) is 0 Å². The minimum absolute atomic E-state index is 0.453. The second-order valence-corrected chi connectivity index (χ2v) is 3.93. The predicted molar refractivity (Wildman–Crippen MR) is 60.5 cm³/mol. The van der Waals surface area contributed by atoms with Crippen LogP contribution in [0.4, 0.5) is 0 Å². The molecule has 0 radical (unpaired) electrons. The zero-order valence-corrected chi connectivity index (χ0v) is 8.86. The summed E-state index contributed by atoms with van der Waals surface area (Å²) in [6.07, 6.45) is 3.71. The van der Waals surface area contributed by atoms with E-state index in [0.29, 0.717) is 11.5 Å². The minimum atomic E-state index is 0.453. The number of nitrogens with zero attached hydrogens (tertiary/aromatic N) is 2. The minimum Gasteiger partial charge on any atom is -0.264 e.